The standard InChI is InChI=1S/C76H89N11O15/c1-50-12-23-62-65(45-50)100-37-31-86(32-38-101-66-46-51(2)13-24-63(66)85-29-35-98-42-40-96-33-27-84(62)28-34-97-41-43-99-36-30-85)64-25-14-52(47-67(64)102-44-39-95-3)7-4-8-53-17-21-60-68-58(53)10-5-11-59(68)73(91)87(74(60)92)26-6-9-57(88)20-22-61(75(93)94)81-71(89)54-15-18-55(19-16-54)78-48-56-49-79-70-69(80-56)72(90)83-76(77)82-70/h5,10-19,21,23-25,45-47,49,61,78H,4,6-9,20,22,26-44,48H2,1-3H3,(H,81,89)(H,93,94)(H3,77,79,82,83,90). The molecule has 0 radical (unpaired) electrons. The van der Waals surface area contributed by atoms with E-state index in [2.05, 4.69) is 114 Å². The summed E-state index contributed by atoms with van der Waals surface area (Å²) in [5.74, 6) is -1.01. The lowest BCUT2D eigenvalue weighted by Gasteiger charge is -2.30. The second kappa shape index (κ2) is 35.9. The number of carbonyl (C=O) groups excluding carboxylic acids is 4. The number of aromatic nitrogens is 4. The lowest BCUT2D eigenvalue weighted by molar-refractivity contribution is -0.139. The maximum atomic E-state index is 14.2. The molecule has 1 saturated heterocycles. The van der Waals surface area contributed by atoms with Gasteiger partial charge < -0.3 is 74.1 Å². The molecule has 538 valence electrons. The number of benzene rings is 6. The van der Waals surface area contributed by atoms with E-state index in [1.54, 1.807) is 31.4 Å². The van der Waals surface area contributed by atoms with Gasteiger partial charge in [0.25, 0.3) is 23.3 Å². The number of hydrogen-bond donors (Lipinski definition) is 5. The van der Waals surface area contributed by atoms with Crippen molar-refractivity contribution in [3.8, 4) is 17.2 Å². The van der Waals surface area contributed by atoms with E-state index in [0.717, 1.165) is 62.6 Å². The van der Waals surface area contributed by atoms with Crippen molar-refractivity contribution in [2.24, 2.45) is 0 Å². The average molecular weight is 1400 g/mol. The van der Waals surface area contributed by atoms with Gasteiger partial charge in [0.2, 0.25) is 5.95 Å². The van der Waals surface area contributed by atoms with Crippen LogP contribution in [0.1, 0.15) is 91.1 Å². The number of H-pyrrole nitrogens is 1. The fourth-order valence-electron chi connectivity index (χ4n) is 12.7. The number of nitrogens with zero attached hydrogens (tertiary/aromatic N) is 7. The molecule has 1 atom stereocenters. The number of aromatic amines is 1. The number of nitrogens with two attached hydrogens (primary N) is 1. The number of nitrogens with one attached hydrogen (secondary N) is 3. The SMILES string of the molecule is COCCOc1cc(CCCc2ccc3c4c(cccc24)C(=O)N(CCCC(=O)CCC(NC(=O)c2ccc(NCc4cnc5nc(N)[nH]c(=O)c5n4)cc2)C(=O)O)C3=O)ccc1N1CCOc2cc(C)ccc2N2CCOCCOCCN(CCOCCOCC2)c2ccc(C)cc2OCC1. The predicted molar refractivity (Wildman–Crippen MR) is 387 cm³/mol. The van der Waals surface area contributed by atoms with Gasteiger partial charge in [-0.15, -0.1) is 0 Å². The van der Waals surface area contributed by atoms with Gasteiger partial charge in [0, 0.05) is 80.4 Å². The van der Waals surface area contributed by atoms with Crippen molar-refractivity contribution in [2.45, 2.75) is 71.4 Å². The number of anilines is 5. The van der Waals surface area contributed by atoms with E-state index in [0.29, 0.717) is 165 Å². The maximum Gasteiger partial charge on any atom is 0.326 e. The Balaban J connectivity index is 0.719. The topological polar surface area (TPSA) is 314 Å². The molecular weight excluding hydrogens is 1310 g/mol. The van der Waals surface area contributed by atoms with Gasteiger partial charge in [0.05, 0.1) is 108 Å². The highest BCUT2D eigenvalue weighted by molar-refractivity contribution is 6.25. The monoisotopic (exact) mass is 1400 g/mol. The molecule has 6 heterocycles. The van der Waals surface area contributed by atoms with Gasteiger partial charge >= 0.3 is 5.97 Å². The number of carboxylic acids is 1. The third-order valence-electron chi connectivity index (χ3n) is 18.1. The van der Waals surface area contributed by atoms with Crippen LogP contribution >= 0.6 is 0 Å². The van der Waals surface area contributed by atoms with Crippen LogP contribution in [0, 0.1) is 13.8 Å². The lowest BCUT2D eigenvalue weighted by Crippen LogP contribution is -2.41. The van der Waals surface area contributed by atoms with Crippen molar-refractivity contribution in [2.75, 3.05) is 158 Å². The predicted octanol–water partition coefficient (Wildman–Crippen LogP) is 8.16. The number of aliphatic carboxylic acids is 1. The van der Waals surface area contributed by atoms with E-state index in [1.807, 2.05) is 18.2 Å². The van der Waals surface area contributed by atoms with Gasteiger partial charge in [-0.3, -0.25) is 33.9 Å². The molecule has 4 aliphatic rings. The fraction of sp³-hybridized carbons (Fsp3) is 0.408. The summed E-state index contributed by atoms with van der Waals surface area (Å²) >= 11 is 0. The van der Waals surface area contributed by atoms with Gasteiger partial charge in [-0.1, -0.05) is 36.4 Å². The molecule has 102 heavy (non-hydrogen) atoms. The first kappa shape index (κ1) is 73.0. The Morgan fingerprint density at radius 2 is 1.26 bits per heavy atom. The van der Waals surface area contributed by atoms with Gasteiger partial charge in [-0.25, -0.2) is 14.8 Å². The van der Waals surface area contributed by atoms with Gasteiger partial charge in [-0.2, -0.15) is 4.98 Å². The van der Waals surface area contributed by atoms with E-state index < -0.39 is 35.3 Å². The number of amides is 3. The lowest BCUT2D eigenvalue weighted by atomic mass is 9.89. The number of rotatable bonds is 22. The van der Waals surface area contributed by atoms with Crippen LogP contribution in [0.3, 0.4) is 0 Å². The first-order valence-electron chi connectivity index (χ1n) is 34.8. The van der Waals surface area contributed by atoms with E-state index in [9.17, 15) is 33.9 Å². The Hall–Kier alpha value is -10.3. The highest BCUT2D eigenvalue weighted by atomic mass is 16.5. The summed E-state index contributed by atoms with van der Waals surface area (Å²) < 4.78 is 50.2. The number of hydrogen-bond acceptors (Lipinski definition) is 22. The number of methoxy groups -OCH3 is 1. The van der Waals surface area contributed by atoms with Gasteiger partial charge in [0.15, 0.2) is 11.2 Å². The average Bonchev–Trinajstić information content (AvgIpc) is 0.742. The van der Waals surface area contributed by atoms with Crippen molar-refractivity contribution < 1.29 is 67.0 Å². The minimum atomic E-state index is -1.36. The molecule has 0 aliphatic carbocycles. The van der Waals surface area contributed by atoms with E-state index in [-0.39, 0.29) is 67.2 Å². The summed E-state index contributed by atoms with van der Waals surface area (Å²) in [5, 5.41) is 17.1. The Labute approximate surface area is 591 Å². The molecule has 0 spiro atoms. The van der Waals surface area contributed by atoms with Crippen LogP contribution in [-0.2, 0) is 52.7 Å². The summed E-state index contributed by atoms with van der Waals surface area (Å²) in [6.45, 7) is 13.0. The number of carbonyl (C=O) groups is 5. The van der Waals surface area contributed by atoms with Crippen LogP contribution in [0.5, 0.6) is 17.2 Å². The second-order valence-electron chi connectivity index (χ2n) is 25.3. The first-order valence-corrected chi connectivity index (χ1v) is 34.8. The molecule has 6 N–H and O–H groups in total. The summed E-state index contributed by atoms with van der Waals surface area (Å²) in [4.78, 5) is 102. The van der Waals surface area contributed by atoms with Gasteiger partial charge in [-0.05, 0) is 146 Å². The third kappa shape index (κ3) is 19.2. The van der Waals surface area contributed by atoms with Crippen molar-refractivity contribution >= 4 is 80.1 Å². The molecule has 3 amide bonds. The van der Waals surface area contributed by atoms with E-state index in [4.69, 9.17) is 43.6 Å². The highest BCUT2D eigenvalue weighted by Crippen LogP contribution is 2.37. The zero-order valence-corrected chi connectivity index (χ0v) is 58.0. The quantitative estimate of drug-likeness (QED) is 0.0243. The molecule has 26 nitrogen and oxygen atoms in total. The normalized spacial score (nSPS) is 15.6. The highest BCUT2D eigenvalue weighted by Gasteiger charge is 2.34. The molecular formula is C76H89N11O15. The molecule has 26 heteroatoms. The molecule has 12 rings (SSSR count). The zero-order valence-electron chi connectivity index (χ0n) is 58.0. The summed E-state index contributed by atoms with van der Waals surface area (Å²) in [5.41, 5.74) is 14.2. The maximum absolute atomic E-state index is 14.2. The molecule has 1 fully saturated rings. The smallest absolute Gasteiger partial charge is 0.326 e. The largest absolute Gasteiger partial charge is 0.490 e. The summed E-state index contributed by atoms with van der Waals surface area (Å²) in [6, 6.07) is 33.0. The van der Waals surface area contributed by atoms with Crippen molar-refractivity contribution in [3.63, 3.8) is 0 Å². The Morgan fingerprint density at radius 1 is 0.657 bits per heavy atom. The number of carboxylic acid groups (broad SMARTS) is 1. The van der Waals surface area contributed by atoms with Crippen LogP contribution in [0.4, 0.5) is 28.7 Å². The summed E-state index contributed by atoms with van der Waals surface area (Å²) in [6.07, 6.45) is 3.35. The van der Waals surface area contributed by atoms with Gasteiger partial charge in [0.1, 0.15) is 48.9 Å². The number of fused-ring (bicyclic) bond motifs is 21. The molecule has 1 unspecified atom stereocenters. The van der Waals surface area contributed by atoms with E-state index in [1.165, 1.54) is 23.2 Å². The van der Waals surface area contributed by atoms with Crippen LogP contribution in [0.25, 0.3) is 21.9 Å². The zero-order chi connectivity index (χ0) is 71.3. The minimum Gasteiger partial charge on any atom is -0.490 e. The van der Waals surface area contributed by atoms with E-state index >= 15 is 0 Å². The van der Waals surface area contributed by atoms with Crippen LogP contribution in [0.15, 0.2) is 120 Å². The van der Waals surface area contributed by atoms with Crippen molar-refractivity contribution in [3.05, 3.63) is 170 Å². The molecule has 4 aliphatic heterocycles. The van der Waals surface area contributed by atoms with Crippen molar-refractivity contribution in [1.82, 2.24) is 30.2 Å². The molecule has 2 bridgehead atoms. The number of imide groups is 1. The number of nitrogen functional groups attached to an aromatic ring is 1. The van der Waals surface area contributed by atoms with Crippen LogP contribution in [0.2, 0.25) is 0 Å². The molecule has 8 aromatic rings. The summed E-state index contributed by atoms with van der Waals surface area (Å²) in [7, 11) is 1.65. The Bertz CT molecular complexity index is 4190. The molecule has 2 aromatic heterocycles. The van der Waals surface area contributed by atoms with Crippen LogP contribution < -0.4 is 50.8 Å². The number of aryl methyl sites for hydroxylation is 4. The number of ketones is 1. The fourth-order valence-corrected chi connectivity index (χ4v) is 12.7. The second-order valence-corrected chi connectivity index (χ2v) is 25.3. The first-order chi connectivity index (χ1) is 49.7. The van der Waals surface area contributed by atoms with Crippen LogP contribution in [-0.4, -0.2) is 198 Å². The number of ether oxygens (including phenoxy) is 8. The Morgan fingerprint density at radius 3 is 1.89 bits per heavy atom. The van der Waals surface area contributed by atoms with Crippen molar-refractivity contribution in [1.29, 1.82) is 0 Å². The molecule has 6 aromatic carbocycles. The number of Topliss-reactive ketones (excluding diaryl/α,β-unsaturated/α-hetero) is 1. The minimum absolute atomic E-state index is 0.0229. The molecule has 0 saturated carbocycles. The Kier molecular flexibility index (Phi) is 25.7. The third-order valence-corrected chi connectivity index (χ3v) is 18.1.